The Labute approximate surface area is 109 Å². The first kappa shape index (κ1) is 12.4. The number of rotatable bonds is 2. The molecule has 0 aliphatic carbocycles. The molecule has 2 unspecified atom stereocenters. The molecule has 1 aromatic rings. The molecule has 1 saturated heterocycles. The second kappa shape index (κ2) is 5.06. The molecule has 4 nitrogen and oxygen atoms in total. The highest BCUT2D eigenvalue weighted by atomic mass is 79.9. The van der Waals surface area contributed by atoms with Gasteiger partial charge < -0.3 is 15.8 Å². The van der Waals surface area contributed by atoms with E-state index in [1.54, 1.807) is 7.11 Å². The maximum atomic E-state index is 11.5. The van der Waals surface area contributed by atoms with Crippen LogP contribution >= 0.6 is 15.9 Å². The summed E-state index contributed by atoms with van der Waals surface area (Å²) in [4.78, 5) is 11.5. The van der Waals surface area contributed by atoms with Gasteiger partial charge in [0.25, 0.3) is 0 Å². The second-order valence-corrected chi connectivity index (χ2v) is 5.05. The van der Waals surface area contributed by atoms with Gasteiger partial charge >= 0.3 is 0 Å². The number of benzene rings is 1. The van der Waals surface area contributed by atoms with Gasteiger partial charge in [-0.2, -0.15) is 0 Å². The van der Waals surface area contributed by atoms with Crippen LogP contribution in [-0.4, -0.2) is 19.1 Å². The fourth-order valence-electron chi connectivity index (χ4n) is 2.07. The predicted octanol–water partition coefficient (Wildman–Crippen LogP) is 1.74. The van der Waals surface area contributed by atoms with Gasteiger partial charge in [-0.05, 0) is 24.6 Å². The summed E-state index contributed by atoms with van der Waals surface area (Å²) >= 11 is 3.42. The first-order valence-electron chi connectivity index (χ1n) is 5.50. The van der Waals surface area contributed by atoms with Gasteiger partial charge in [0.05, 0.1) is 13.2 Å². The molecule has 5 heteroatoms. The van der Waals surface area contributed by atoms with Crippen molar-refractivity contribution in [1.29, 1.82) is 0 Å². The van der Waals surface area contributed by atoms with Crippen LogP contribution in [-0.2, 0) is 4.79 Å². The van der Waals surface area contributed by atoms with E-state index in [0.29, 0.717) is 12.8 Å². The quantitative estimate of drug-likeness (QED) is 0.874. The van der Waals surface area contributed by atoms with Crippen molar-refractivity contribution in [2.75, 3.05) is 7.11 Å². The normalized spacial score (nSPS) is 24.3. The van der Waals surface area contributed by atoms with Crippen molar-refractivity contribution in [1.82, 2.24) is 5.32 Å². The highest BCUT2D eigenvalue weighted by Gasteiger charge is 2.29. The van der Waals surface area contributed by atoms with E-state index >= 15 is 0 Å². The Morgan fingerprint density at radius 2 is 2.29 bits per heavy atom. The summed E-state index contributed by atoms with van der Waals surface area (Å²) in [5, 5.41) is 2.92. The lowest BCUT2D eigenvalue weighted by molar-refractivity contribution is -0.123. The number of piperidine rings is 1. The maximum Gasteiger partial charge on any atom is 0.220 e. The number of carbonyl (C=O) groups excluding carboxylic acids is 1. The molecule has 0 bridgehead atoms. The number of hydrogen-bond donors (Lipinski definition) is 2. The monoisotopic (exact) mass is 298 g/mol. The number of nitrogens with two attached hydrogens (primary N) is 1. The smallest absolute Gasteiger partial charge is 0.220 e. The van der Waals surface area contributed by atoms with Crippen molar-refractivity contribution in [3.8, 4) is 5.75 Å². The largest absolute Gasteiger partial charge is 0.496 e. The maximum absolute atomic E-state index is 11.5. The van der Waals surface area contributed by atoms with Crippen molar-refractivity contribution >= 4 is 21.8 Å². The molecule has 2 atom stereocenters. The molecule has 0 saturated carbocycles. The summed E-state index contributed by atoms with van der Waals surface area (Å²) in [5.41, 5.74) is 6.98. The fraction of sp³-hybridized carbons (Fsp3) is 0.417. The van der Waals surface area contributed by atoms with Crippen molar-refractivity contribution in [2.24, 2.45) is 5.73 Å². The Balaban J connectivity index is 2.36. The first-order chi connectivity index (χ1) is 8.11. The molecule has 0 radical (unpaired) electrons. The minimum atomic E-state index is -0.177. The summed E-state index contributed by atoms with van der Waals surface area (Å²) in [5.74, 6) is 0.787. The van der Waals surface area contributed by atoms with Crippen LogP contribution in [0.25, 0.3) is 0 Å². The molecule has 0 spiro atoms. The Morgan fingerprint density at radius 3 is 3.00 bits per heavy atom. The minimum absolute atomic E-state index is 0.0405. The Bertz CT molecular complexity index is 437. The van der Waals surface area contributed by atoms with Crippen LogP contribution in [0.15, 0.2) is 22.7 Å². The molecule has 3 N–H and O–H groups in total. The molecule has 2 rings (SSSR count). The van der Waals surface area contributed by atoms with Crippen LogP contribution < -0.4 is 15.8 Å². The minimum Gasteiger partial charge on any atom is -0.496 e. The highest BCUT2D eigenvalue weighted by molar-refractivity contribution is 9.10. The van der Waals surface area contributed by atoms with Crippen LogP contribution in [0.2, 0.25) is 0 Å². The molecule has 92 valence electrons. The van der Waals surface area contributed by atoms with Crippen LogP contribution in [0.3, 0.4) is 0 Å². The lowest BCUT2D eigenvalue weighted by atomic mass is 9.92. The van der Waals surface area contributed by atoms with E-state index in [1.165, 1.54) is 0 Å². The molecular formula is C12H15BrN2O2. The summed E-state index contributed by atoms with van der Waals surface area (Å²) in [6, 6.07) is 5.46. The molecule has 0 aromatic heterocycles. The zero-order valence-electron chi connectivity index (χ0n) is 9.57. The van der Waals surface area contributed by atoms with E-state index < -0.39 is 0 Å². The fourth-order valence-corrected chi connectivity index (χ4v) is 2.45. The van der Waals surface area contributed by atoms with Crippen LogP contribution in [0.1, 0.15) is 24.4 Å². The summed E-state index contributed by atoms with van der Waals surface area (Å²) in [6.45, 7) is 0. The molecule has 1 aromatic carbocycles. The lowest BCUT2D eigenvalue weighted by Gasteiger charge is -2.30. The number of nitrogens with one attached hydrogen (secondary N) is 1. The van der Waals surface area contributed by atoms with Crippen LogP contribution in [0, 0.1) is 0 Å². The van der Waals surface area contributed by atoms with Gasteiger partial charge in [-0.15, -0.1) is 0 Å². The molecular weight excluding hydrogens is 284 g/mol. The van der Waals surface area contributed by atoms with E-state index in [-0.39, 0.29) is 18.0 Å². The van der Waals surface area contributed by atoms with Gasteiger partial charge in [0, 0.05) is 22.5 Å². The molecule has 1 aliphatic heterocycles. The van der Waals surface area contributed by atoms with E-state index in [9.17, 15) is 4.79 Å². The molecule has 1 heterocycles. The second-order valence-electron chi connectivity index (χ2n) is 4.13. The topological polar surface area (TPSA) is 64.3 Å². The summed E-state index contributed by atoms with van der Waals surface area (Å²) in [6.07, 6.45) is 1.19. The molecule has 1 aliphatic rings. The van der Waals surface area contributed by atoms with E-state index in [4.69, 9.17) is 10.5 Å². The van der Waals surface area contributed by atoms with E-state index in [0.717, 1.165) is 15.8 Å². The average molecular weight is 299 g/mol. The number of ether oxygens (including phenoxy) is 1. The van der Waals surface area contributed by atoms with Gasteiger partial charge in [-0.1, -0.05) is 15.9 Å². The van der Waals surface area contributed by atoms with Crippen LogP contribution in [0.5, 0.6) is 5.75 Å². The third-order valence-corrected chi connectivity index (χ3v) is 3.47. The molecule has 1 amide bonds. The van der Waals surface area contributed by atoms with Crippen molar-refractivity contribution in [2.45, 2.75) is 24.9 Å². The Hall–Kier alpha value is -1.07. The summed E-state index contributed by atoms with van der Waals surface area (Å²) < 4.78 is 6.25. The molecule has 17 heavy (non-hydrogen) atoms. The van der Waals surface area contributed by atoms with Gasteiger partial charge in [-0.25, -0.2) is 0 Å². The van der Waals surface area contributed by atoms with Crippen molar-refractivity contribution in [3.05, 3.63) is 28.2 Å². The van der Waals surface area contributed by atoms with Gasteiger partial charge in [0.2, 0.25) is 5.91 Å². The third-order valence-electron chi connectivity index (χ3n) is 2.98. The zero-order valence-corrected chi connectivity index (χ0v) is 11.2. The Morgan fingerprint density at radius 1 is 1.53 bits per heavy atom. The average Bonchev–Trinajstić information content (AvgIpc) is 2.32. The molecule has 1 fully saturated rings. The zero-order chi connectivity index (χ0) is 12.4. The van der Waals surface area contributed by atoms with Gasteiger partial charge in [0.15, 0.2) is 0 Å². The number of methoxy groups -OCH3 is 1. The third kappa shape index (κ3) is 2.61. The van der Waals surface area contributed by atoms with E-state index in [1.807, 2.05) is 18.2 Å². The Kier molecular flexibility index (Phi) is 3.69. The number of hydrogen-bond acceptors (Lipinski definition) is 3. The van der Waals surface area contributed by atoms with Crippen molar-refractivity contribution < 1.29 is 9.53 Å². The number of amides is 1. The standard InChI is InChI=1S/C12H15BrN2O2/c1-17-10-4-2-7(13)6-8(10)12-9(14)3-5-11(16)15-12/h2,4,6,9,12H,3,5,14H2,1H3,(H,15,16). The highest BCUT2D eigenvalue weighted by Crippen LogP contribution is 2.32. The van der Waals surface area contributed by atoms with Gasteiger partial charge in [-0.3, -0.25) is 4.79 Å². The first-order valence-corrected chi connectivity index (χ1v) is 6.29. The SMILES string of the molecule is COc1ccc(Br)cc1C1NC(=O)CCC1N. The summed E-state index contributed by atoms with van der Waals surface area (Å²) in [7, 11) is 1.61. The van der Waals surface area contributed by atoms with Crippen molar-refractivity contribution in [3.63, 3.8) is 0 Å². The van der Waals surface area contributed by atoms with Crippen LogP contribution in [0.4, 0.5) is 0 Å². The number of halogens is 1. The lowest BCUT2D eigenvalue weighted by Crippen LogP contribution is -2.45. The van der Waals surface area contributed by atoms with Gasteiger partial charge in [0.1, 0.15) is 5.75 Å². The number of carbonyl (C=O) groups is 1. The van der Waals surface area contributed by atoms with E-state index in [2.05, 4.69) is 21.2 Å². The predicted molar refractivity (Wildman–Crippen MR) is 68.8 cm³/mol.